The average Bonchev–Trinajstić information content (AvgIpc) is 3.19. The first-order valence-electron chi connectivity index (χ1n) is 9.07. The molecule has 4 aromatic rings. The molecule has 0 saturated carbocycles. The van der Waals surface area contributed by atoms with Crippen LogP contribution in [0.3, 0.4) is 0 Å². The van der Waals surface area contributed by atoms with Crippen molar-refractivity contribution in [2.45, 2.75) is 6.61 Å². The second-order valence-corrected chi connectivity index (χ2v) is 7.36. The SMILES string of the molecule is O=C(N/N=C\c1cc(Br)ccc1OCc1ccc(F)cc1)c1cc2ccccc2o1. The molecule has 0 aliphatic carbocycles. The van der Waals surface area contributed by atoms with Gasteiger partial charge in [0, 0.05) is 15.4 Å². The van der Waals surface area contributed by atoms with Crippen molar-refractivity contribution in [3.05, 3.63) is 100.0 Å². The number of nitrogens with zero attached hydrogens (tertiary/aromatic N) is 1. The summed E-state index contributed by atoms with van der Waals surface area (Å²) in [6, 6.07) is 20.6. The van der Waals surface area contributed by atoms with Gasteiger partial charge in [-0.1, -0.05) is 46.3 Å². The van der Waals surface area contributed by atoms with Crippen LogP contribution in [0.25, 0.3) is 11.0 Å². The first-order chi connectivity index (χ1) is 14.6. The van der Waals surface area contributed by atoms with E-state index in [0.717, 1.165) is 15.4 Å². The number of benzene rings is 3. The normalized spacial score (nSPS) is 11.1. The molecule has 0 radical (unpaired) electrons. The minimum atomic E-state index is -0.453. The van der Waals surface area contributed by atoms with Gasteiger partial charge >= 0.3 is 5.91 Å². The van der Waals surface area contributed by atoms with Crippen LogP contribution in [-0.4, -0.2) is 12.1 Å². The highest BCUT2D eigenvalue weighted by atomic mass is 79.9. The maximum Gasteiger partial charge on any atom is 0.307 e. The zero-order chi connectivity index (χ0) is 20.9. The van der Waals surface area contributed by atoms with Crippen molar-refractivity contribution in [1.29, 1.82) is 0 Å². The molecule has 0 atom stereocenters. The molecule has 1 N–H and O–H groups in total. The van der Waals surface area contributed by atoms with E-state index in [-0.39, 0.29) is 18.2 Å². The Labute approximate surface area is 180 Å². The van der Waals surface area contributed by atoms with E-state index in [0.29, 0.717) is 16.9 Å². The topological polar surface area (TPSA) is 63.8 Å². The van der Waals surface area contributed by atoms with Gasteiger partial charge in [0.2, 0.25) is 0 Å². The molecule has 0 fully saturated rings. The van der Waals surface area contributed by atoms with Gasteiger partial charge in [0.25, 0.3) is 0 Å². The fourth-order valence-corrected chi connectivity index (χ4v) is 3.18. The molecule has 5 nitrogen and oxygen atoms in total. The van der Waals surface area contributed by atoms with Crippen molar-refractivity contribution >= 4 is 39.0 Å². The summed E-state index contributed by atoms with van der Waals surface area (Å²) in [5.41, 5.74) is 4.59. The van der Waals surface area contributed by atoms with Crippen molar-refractivity contribution in [2.24, 2.45) is 5.10 Å². The highest BCUT2D eigenvalue weighted by molar-refractivity contribution is 9.10. The molecule has 0 unspecified atom stereocenters. The summed E-state index contributed by atoms with van der Waals surface area (Å²) in [6.45, 7) is 0.272. The highest BCUT2D eigenvalue weighted by Crippen LogP contribution is 2.23. The van der Waals surface area contributed by atoms with Crippen LogP contribution in [0, 0.1) is 5.82 Å². The second kappa shape index (κ2) is 8.92. The molecule has 0 aliphatic rings. The number of hydrogen-bond acceptors (Lipinski definition) is 4. The van der Waals surface area contributed by atoms with Crippen LogP contribution in [-0.2, 0) is 6.61 Å². The number of halogens is 2. The summed E-state index contributed by atoms with van der Waals surface area (Å²) in [7, 11) is 0. The molecule has 1 heterocycles. The Hall–Kier alpha value is -3.45. The van der Waals surface area contributed by atoms with E-state index in [1.165, 1.54) is 18.3 Å². The molecule has 30 heavy (non-hydrogen) atoms. The lowest BCUT2D eigenvalue weighted by molar-refractivity contribution is 0.0929. The van der Waals surface area contributed by atoms with Crippen molar-refractivity contribution in [2.75, 3.05) is 0 Å². The van der Waals surface area contributed by atoms with Crippen LogP contribution < -0.4 is 10.2 Å². The van der Waals surface area contributed by atoms with Gasteiger partial charge in [-0.25, -0.2) is 9.82 Å². The maximum absolute atomic E-state index is 13.0. The van der Waals surface area contributed by atoms with Crippen LogP contribution in [0.1, 0.15) is 21.7 Å². The minimum Gasteiger partial charge on any atom is -0.488 e. The minimum absolute atomic E-state index is 0.176. The Kier molecular flexibility index (Phi) is 5.90. The molecule has 0 spiro atoms. The fraction of sp³-hybridized carbons (Fsp3) is 0.0435. The van der Waals surface area contributed by atoms with E-state index in [9.17, 15) is 9.18 Å². The first-order valence-corrected chi connectivity index (χ1v) is 9.86. The van der Waals surface area contributed by atoms with Gasteiger partial charge in [0.1, 0.15) is 23.8 Å². The first kappa shape index (κ1) is 19.8. The summed E-state index contributed by atoms with van der Waals surface area (Å²) in [5, 5.41) is 4.86. The summed E-state index contributed by atoms with van der Waals surface area (Å²) in [5.74, 6) is 0.00118. The van der Waals surface area contributed by atoms with E-state index >= 15 is 0 Å². The largest absolute Gasteiger partial charge is 0.488 e. The lowest BCUT2D eigenvalue weighted by Crippen LogP contribution is -2.16. The van der Waals surface area contributed by atoms with E-state index in [1.54, 1.807) is 30.3 Å². The number of amides is 1. The van der Waals surface area contributed by atoms with Crippen LogP contribution in [0.5, 0.6) is 5.75 Å². The number of para-hydroxylation sites is 1. The van der Waals surface area contributed by atoms with Crippen LogP contribution in [0.15, 0.2) is 86.8 Å². The average molecular weight is 467 g/mol. The van der Waals surface area contributed by atoms with Crippen LogP contribution in [0.4, 0.5) is 4.39 Å². The lowest BCUT2D eigenvalue weighted by Gasteiger charge is -2.09. The summed E-state index contributed by atoms with van der Waals surface area (Å²) in [4.78, 5) is 12.3. The number of carbonyl (C=O) groups excluding carboxylic acids is 1. The third kappa shape index (κ3) is 4.75. The second-order valence-electron chi connectivity index (χ2n) is 6.44. The lowest BCUT2D eigenvalue weighted by atomic mass is 10.2. The molecule has 1 amide bonds. The number of hydrogen-bond donors (Lipinski definition) is 1. The monoisotopic (exact) mass is 466 g/mol. The Balaban J connectivity index is 1.45. The smallest absolute Gasteiger partial charge is 0.307 e. The zero-order valence-corrected chi connectivity index (χ0v) is 17.2. The molecule has 0 bridgehead atoms. The molecule has 7 heteroatoms. The molecule has 0 aliphatic heterocycles. The summed E-state index contributed by atoms with van der Waals surface area (Å²) in [6.07, 6.45) is 1.49. The Bertz CT molecular complexity index is 1190. The number of hydrazone groups is 1. The Morgan fingerprint density at radius 2 is 1.90 bits per heavy atom. The van der Waals surface area contributed by atoms with E-state index in [1.807, 2.05) is 30.3 Å². The summed E-state index contributed by atoms with van der Waals surface area (Å²) >= 11 is 3.42. The van der Waals surface area contributed by atoms with Crippen molar-refractivity contribution in [3.8, 4) is 5.75 Å². The zero-order valence-electron chi connectivity index (χ0n) is 15.6. The predicted octanol–water partition coefficient (Wildman–Crippen LogP) is 5.68. The van der Waals surface area contributed by atoms with E-state index in [2.05, 4.69) is 26.5 Å². The van der Waals surface area contributed by atoms with E-state index in [4.69, 9.17) is 9.15 Å². The van der Waals surface area contributed by atoms with E-state index < -0.39 is 5.91 Å². The number of rotatable bonds is 6. The molecular weight excluding hydrogens is 451 g/mol. The molecule has 1 aromatic heterocycles. The number of nitrogens with one attached hydrogen (secondary N) is 1. The van der Waals surface area contributed by atoms with Gasteiger partial charge < -0.3 is 9.15 Å². The molecule has 0 saturated heterocycles. The highest BCUT2D eigenvalue weighted by Gasteiger charge is 2.11. The van der Waals surface area contributed by atoms with Gasteiger partial charge in [-0.05, 0) is 48.0 Å². The third-order valence-electron chi connectivity index (χ3n) is 4.30. The number of fused-ring (bicyclic) bond motifs is 1. The predicted molar refractivity (Wildman–Crippen MR) is 116 cm³/mol. The molecular formula is C23H16BrFN2O3. The van der Waals surface area contributed by atoms with Gasteiger partial charge in [0.15, 0.2) is 5.76 Å². The van der Waals surface area contributed by atoms with Gasteiger partial charge in [-0.15, -0.1) is 0 Å². The maximum atomic E-state index is 13.0. The van der Waals surface area contributed by atoms with Crippen molar-refractivity contribution in [3.63, 3.8) is 0 Å². The molecule has 150 valence electrons. The molecule has 4 rings (SSSR count). The molecule has 3 aromatic carbocycles. The standard InChI is InChI=1S/C23H16BrFN2O3/c24-18-7-10-20(29-14-15-5-8-19(25)9-6-15)17(11-18)13-26-27-23(28)22-12-16-3-1-2-4-21(16)30-22/h1-13H,14H2,(H,27,28)/b26-13-. The summed E-state index contributed by atoms with van der Waals surface area (Å²) < 4.78 is 25.2. The third-order valence-corrected chi connectivity index (χ3v) is 4.79. The van der Waals surface area contributed by atoms with Crippen molar-refractivity contribution in [1.82, 2.24) is 5.43 Å². The van der Waals surface area contributed by atoms with Gasteiger partial charge in [-0.3, -0.25) is 4.79 Å². The van der Waals surface area contributed by atoms with Crippen LogP contribution in [0.2, 0.25) is 0 Å². The Morgan fingerprint density at radius 3 is 2.70 bits per heavy atom. The fourth-order valence-electron chi connectivity index (χ4n) is 2.80. The number of ether oxygens (including phenoxy) is 1. The Morgan fingerprint density at radius 1 is 1.10 bits per heavy atom. The van der Waals surface area contributed by atoms with Gasteiger partial charge in [-0.2, -0.15) is 5.10 Å². The van der Waals surface area contributed by atoms with Gasteiger partial charge in [0.05, 0.1) is 6.21 Å². The number of furan rings is 1. The van der Waals surface area contributed by atoms with Crippen molar-refractivity contribution < 1.29 is 18.3 Å². The number of carbonyl (C=O) groups is 1. The van der Waals surface area contributed by atoms with Crippen LogP contribution >= 0.6 is 15.9 Å². The quantitative estimate of drug-likeness (QED) is 0.293.